The third kappa shape index (κ3) is 3.09. The lowest BCUT2D eigenvalue weighted by Gasteiger charge is -2.27. The van der Waals surface area contributed by atoms with Crippen LogP contribution in [0.25, 0.3) is 22.3 Å². The van der Waals surface area contributed by atoms with E-state index in [0.29, 0.717) is 43.6 Å². The van der Waals surface area contributed by atoms with Crippen LogP contribution in [0.15, 0.2) is 42.7 Å². The highest BCUT2D eigenvalue weighted by Gasteiger charge is 2.20. The maximum absolute atomic E-state index is 12.8. The van der Waals surface area contributed by atoms with Crippen LogP contribution in [0.2, 0.25) is 0 Å². The van der Waals surface area contributed by atoms with Gasteiger partial charge < -0.3 is 14.4 Å². The van der Waals surface area contributed by atoms with Crippen LogP contribution in [0.3, 0.4) is 0 Å². The van der Waals surface area contributed by atoms with Crippen LogP contribution >= 0.6 is 0 Å². The van der Waals surface area contributed by atoms with Crippen molar-refractivity contribution in [2.75, 3.05) is 33.4 Å². The molecule has 0 aliphatic carbocycles. The molecule has 7 heteroatoms. The average molecular weight is 350 g/mol. The molecule has 1 fully saturated rings. The number of ether oxygens (including phenoxy) is 2. The molecular weight excluding hydrogens is 332 g/mol. The molecule has 132 valence electrons. The number of amides is 1. The number of nitrogens with zero attached hydrogens (tertiary/aromatic N) is 4. The second-order valence-corrected chi connectivity index (χ2v) is 5.92. The lowest BCUT2D eigenvalue weighted by molar-refractivity contribution is 0.0303. The van der Waals surface area contributed by atoms with Crippen molar-refractivity contribution >= 4 is 16.8 Å². The summed E-state index contributed by atoms with van der Waals surface area (Å²) in [5.74, 6) is 1.03. The van der Waals surface area contributed by atoms with Crippen molar-refractivity contribution in [3.8, 4) is 17.3 Å². The highest BCUT2D eigenvalue weighted by molar-refractivity contribution is 6.01. The molecule has 0 bridgehead atoms. The Balaban J connectivity index is 1.82. The number of aromatic nitrogens is 3. The van der Waals surface area contributed by atoms with Gasteiger partial charge in [0.05, 0.1) is 25.8 Å². The summed E-state index contributed by atoms with van der Waals surface area (Å²) in [6.07, 6.45) is 3.37. The summed E-state index contributed by atoms with van der Waals surface area (Å²) in [4.78, 5) is 27.7. The number of hydrogen-bond donors (Lipinski definition) is 0. The molecule has 0 N–H and O–H groups in total. The van der Waals surface area contributed by atoms with Crippen LogP contribution < -0.4 is 4.74 Å². The van der Waals surface area contributed by atoms with E-state index < -0.39 is 0 Å². The van der Waals surface area contributed by atoms with Crippen LogP contribution in [0.4, 0.5) is 0 Å². The van der Waals surface area contributed by atoms with Crippen LogP contribution in [-0.4, -0.2) is 59.2 Å². The highest BCUT2D eigenvalue weighted by Crippen LogP contribution is 2.29. The first-order valence-electron chi connectivity index (χ1n) is 8.39. The van der Waals surface area contributed by atoms with Crippen molar-refractivity contribution in [2.45, 2.75) is 0 Å². The second kappa shape index (κ2) is 7.05. The standard InChI is InChI=1S/C19H18N4O3/c1-25-17-12-15(18-20-5-2-6-21-18)14-11-13(3-4-16(14)22-17)19(24)23-7-9-26-10-8-23/h2-6,11-12H,7-10H2,1H3. The first-order chi connectivity index (χ1) is 12.8. The van der Waals surface area contributed by atoms with Gasteiger partial charge in [-0.1, -0.05) is 0 Å². The minimum Gasteiger partial charge on any atom is -0.481 e. The van der Waals surface area contributed by atoms with Crippen molar-refractivity contribution < 1.29 is 14.3 Å². The van der Waals surface area contributed by atoms with Gasteiger partial charge in [0.25, 0.3) is 5.91 Å². The predicted molar refractivity (Wildman–Crippen MR) is 96.0 cm³/mol. The lowest BCUT2D eigenvalue weighted by atomic mass is 10.0. The molecule has 1 aromatic carbocycles. The number of pyridine rings is 1. The van der Waals surface area contributed by atoms with Gasteiger partial charge in [-0.25, -0.2) is 15.0 Å². The number of rotatable bonds is 3. The highest BCUT2D eigenvalue weighted by atomic mass is 16.5. The van der Waals surface area contributed by atoms with E-state index in [1.807, 2.05) is 12.1 Å². The smallest absolute Gasteiger partial charge is 0.254 e. The quantitative estimate of drug-likeness (QED) is 0.720. The zero-order valence-electron chi connectivity index (χ0n) is 14.4. The number of carbonyl (C=O) groups excluding carboxylic acids is 1. The number of methoxy groups -OCH3 is 1. The van der Waals surface area contributed by atoms with Crippen molar-refractivity contribution in [2.24, 2.45) is 0 Å². The van der Waals surface area contributed by atoms with Crippen molar-refractivity contribution in [3.63, 3.8) is 0 Å². The van der Waals surface area contributed by atoms with Crippen LogP contribution in [-0.2, 0) is 4.74 Å². The molecular formula is C19H18N4O3. The fourth-order valence-electron chi connectivity index (χ4n) is 3.01. The van der Waals surface area contributed by atoms with Gasteiger partial charge in [0, 0.05) is 48.1 Å². The minimum atomic E-state index is -0.00838. The van der Waals surface area contributed by atoms with Gasteiger partial charge in [-0.2, -0.15) is 0 Å². The van der Waals surface area contributed by atoms with Crippen molar-refractivity contribution in [1.82, 2.24) is 19.9 Å². The van der Waals surface area contributed by atoms with Crippen molar-refractivity contribution in [1.29, 1.82) is 0 Å². The van der Waals surface area contributed by atoms with E-state index in [9.17, 15) is 4.79 Å². The van der Waals surface area contributed by atoms with Crippen LogP contribution in [0, 0.1) is 0 Å². The molecule has 0 unspecified atom stereocenters. The largest absolute Gasteiger partial charge is 0.481 e. The summed E-state index contributed by atoms with van der Waals surface area (Å²) in [6, 6.07) is 9.03. The van der Waals surface area contributed by atoms with E-state index in [-0.39, 0.29) is 5.91 Å². The molecule has 26 heavy (non-hydrogen) atoms. The number of benzene rings is 1. The number of hydrogen-bond acceptors (Lipinski definition) is 6. The van der Waals surface area contributed by atoms with Crippen molar-refractivity contribution in [3.05, 3.63) is 48.3 Å². The van der Waals surface area contributed by atoms with Gasteiger partial charge in [-0.15, -0.1) is 0 Å². The van der Waals surface area contributed by atoms with Crippen LogP contribution in [0.1, 0.15) is 10.4 Å². The summed E-state index contributed by atoms with van der Waals surface area (Å²) in [7, 11) is 1.57. The maximum Gasteiger partial charge on any atom is 0.254 e. The normalized spacial score (nSPS) is 14.4. The van der Waals surface area contributed by atoms with Gasteiger partial charge >= 0.3 is 0 Å². The maximum atomic E-state index is 12.8. The Morgan fingerprint density at radius 3 is 2.65 bits per heavy atom. The molecule has 1 saturated heterocycles. The second-order valence-electron chi connectivity index (χ2n) is 5.92. The molecule has 0 atom stereocenters. The monoisotopic (exact) mass is 350 g/mol. The van der Waals surface area contributed by atoms with E-state index >= 15 is 0 Å². The zero-order chi connectivity index (χ0) is 17.9. The Hall–Kier alpha value is -3.06. The van der Waals surface area contributed by atoms with Gasteiger partial charge in [0.15, 0.2) is 5.82 Å². The summed E-state index contributed by atoms with van der Waals surface area (Å²) in [5, 5.41) is 0.816. The number of carbonyl (C=O) groups is 1. The third-order valence-corrected chi connectivity index (χ3v) is 4.35. The molecule has 7 nitrogen and oxygen atoms in total. The molecule has 4 rings (SSSR count). The summed E-state index contributed by atoms with van der Waals surface area (Å²) in [6.45, 7) is 2.35. The van der Waals surface area contributed by atoms with Gasteiger partial charge in [0.1, 0.15) is 0 Å². The first kappa shape index (κ1) is 16.4. The first-order valence-corrected chi connectivity index (χ1v) is 8.39. The zero-order valence-corrected chi connectivity index (χ0v) is 14.4. The Bertz CT molecular complexity index is 940. The number of morpholine rings is 1. The van der Waals surface area contributed by atoms with E-state index in [2.05, 4.69) is 15.0 Å². The fraction of sp³-hybridized carbons (Fsp3) is 0.263. The molecule has 0 spiro atoms. The summed E-state index contributed by atoms with van der Waals surface area (Å²) in [5.41, 5.74) is 2.12. The topological polar surface area (TPSA) is 77.4 Å². The third-order valence-electron chi connectivity index (χ3n) is 4.35. The Morgan fingerprint density at radius 1 is 1.15 bits per heavy atom. The van der Waals surface area contributed by atoms with E-state index in [1.54, 1.807) is 42.6 Å². The molecule has 3 aromatic rings. The fourth-order valence-corrected chi connectivity index (χ4v) is 3.01. The van der Waals surface area contributed by atoms with Gasteiger partial charge in [0.2, 0.25) is 5.88 Å². The average Bonchev–Trinajstić information content (AvgIpc) is 2.73. The molecule has 1 aliphatic heterocycles. The summed E-state index contributed by atoms with van der Waals surface area (Å²) >= 11 is 0. The van der Waals surface area contributed by atoms with Gasteiger partial charge in [-0.3, -0.25) is 4.79 Å². The number of fused-ring (bicyclic) bond motifs is 1. The molecule has 0 saturated carbocycles. The summed E-state index contributed by atoms with van der Waals surface area (Å²) < 4.78 is 10.6. The molecule has 1 aliphatic rings. The Morgan fingerprint density at radius 2 is 1.92 bits per heavy atom. The van der Waals surface area contributed by atoms with E-state index in [1.165, 1.54) is 0 Å². The molecule has 0 radical (unpaired) electrons. The SMILES string of the molecule is COc1cc(-c2ncccn2)c2cc(C(=O)N3CCOCC3)ccc2n1. The molecule has 3 heterocycles. The molecule has 2 aromatic heterocycles. The van der Waals surface area contributed by atoms with Gasteiger partial charge in [-0.05, 0) is 24.3 Å². The minimum absolute atomic E-state index is 0.00838. The van der Waals surface area contributed by atoms with E-state index in [0.717, 1.165) is 16.5 Å². The Kier molecular flexibility index (Phi) is 4.45. The Labute approximate surface area is 150 Å². The van der Waals surface area contributed by atoms with Crippen LogP contribution in [0.5, 0.6) is 5.88 Å². The lowest BCUT2D eigenvalue weighted by Crippen LogP contribution is -2.40. The predicted octanol–water partition coefficient (Wildman–Crippen LogP) is 2.17. The van der Waals surface area contributed by atoms with E-state index in [4.69, 9.17) is 9.47 Å². The molecule has 1 amide bonds.